The monoisotopic (exact) mass is 389 g/mol. The smallest absolute Gasteiger partial charge is 0.315 e. The normalized spacial score (nSPS) is 17.5. The van der Waals surface area contributed by atoms with Crippen molar-refractivity contribution < 1.29 is 19.1 Å². The molecule has 1 aliphatic carbocycles. The molecule has 1 saturated carbocycles. The van der Waals surface area contributed by atoms with Gasteiger partial charge in [0.15, 0.2) is 11.5 Å². The van der Waals surface area contributed by atoms with Gasteiger partial charge in [-0.3, -0.25) is 4.79 Å². The Kier molecular flexibility index (Phi) is 7.39. The summed E-state index contributed by atoms with van der Waals surface area (Å²) >= 11 is 0. The number of urea groups is 1. The van der Waals surface area contributed by atoms with Crippen molar-refractivity contribution in [3.63, 3.8) is 0 Å². The van der Waals surface area contributed by atoms with Crippen molar-refractivity contribution in [2.75, 3.05) is 19.8 Å². The van der Waals surface area contributed by atoms with E-state index in [1.165, 1.54) is 19.3 Å². The van der Waals surface area contributed by atoms with Gasteiger partial charge in [-0.25, -0.2) is 4.79 Å². The molecule has 0 spiro atoms. The first-order valence-electron chi connectivity index (χ1n) is 10.3. The molecule has 1 heterocycles. The molecule has 3 amide bonds. The van der Waals surface area contributed by atoms with Gasteiger partial charge in [-0.15, -0.1) is 0 Å². The fourth-order valence-corrected chi connectivity index (χ4v) is 3.66. The topological polar surface area (TPSA) is 88.7 Å². The number of amides is 3. The Bertz CT molecular complexity index is 674. The van der Waals surface area contributed by atoms with Gasteiger partial charge in [-0.1, -0.05) is 25.3 Å². The third-order valence-electron chi connectivity index (χ3n) is 5.25. The Morgan fingerprint density at radius 2 is 1.86 bits per heavy atom. The van der Waals surface area contributed by atoms with Gasteiger partial charge in [0.25, 0.3) is 0 Å². The van der Waals surface area contributed by atoms with Crippen LogP contribution in [-0.4, -0.2) is 37.7 Å². The van der Waals surface area contributed by atoms with E-state index in [9.17, 15) is 9.59 Å². The van der Waals surface area contributed by atoms with Crippen LogP contribution >= 0.6 is 0 Å². The van der Waals surface area contributed by atoms with Crippen LogP contribution in [-0.2, 0) is 4.79 Å². The van der Waals surface area contributed by atoms with E-state index in [0.29, 0.717) is 38.6 Å². The Hall–Kier alpha value is -2.44. The van der Waals surface area contributed by atoms with Gasteiger partial charge in [0.1, 0.15) is 13.2 Å². The predicted octanol–water partition coefficient (Wildman–Crippen LogP) is 3.05. The zero-order valence-corrected chi connectivity index (χ0v) is 16.6. The highest BCUT2D eigenvalue weighted by Crippen LogP contribution is 2.32. The van der Waals surface area contributed by atoms with E-state index in [1.807, 2.05) is 25.1 Å². The summed E-state index contributed by atoms with van der Waals surface area (Å²) in [7, 11) is 0. The Morgan fingerprint density at radius 1 is 1.11 bits per heavy atom. The van der Waals surface area contributed by atoms with E-state index < -0.39 is 0 Å². The van der Waals surface area contributed by atoms with Crippen LogP contribution in [0.25, 0.3) is 0 Å². The van der Waals surface area contributed by atoms with E-state index in [4.69, 9.17) is 9.47 Å². The molecule has 1 aromatic rings. The third-order valence-corrected chi connectivity index (χ3v) is 5.25. The van der Waals surface area contributed by atoms with E-state index in [2.05, 4.69) is 16.0 Å². The Labute approximate surface area is 166 Å². The molecule has 2 aliphatic rings. The van der Waals surface area contributed by atoms with Crippen molar-refractivity contribution in [3.8, 4) is 11.5 Å². The quantitative estimate of drug-likeness (QED) is 0.626. The van der Waals surface area contributed by atoms with Crippen LogP contribution in [0, 0.1) is 0 Å². The summed E-state index contributed by atoms with van der Waals surface area (Å²) in [6, 6.07) is 5.78. The van der Waals surface area contributed by atoms with Gasteiger partial charge in [0.05, 0.1) is 6.04 Å². The summed E-state index contributed by atoms with van der Waals surface area (Å²) in [6.45, 7) is 3.54. The van der Waals surface area contributed by atoms with Crippen molar-refractivity contribution in [1.82, 2.24) is 16.0 Å². The summed E-state index contributed by atoms with van der Waals surface area (Å²) in [5, 5.41) is 8.85. The van der Waals surface area contributed by atoms with Gasteiger partial charge in [-0.05, 0) is 43.9 Å². The molecular formula is C21H31N3O4. The fraction of sp³-hybridized carbons (Fsp3) is 0.619. The number of carbonyl (C=O) groups excluding carboxylic acids is 2. The molecule has 7 nitrogen and oxygen atoms in total. The molecule has 0 radical (unpaired) electrons. The predicted molar refractivity (Wildman–Crippen MR) is 107 cm³/mol. The second kappa shape index (κ2) is 10.2. The maximum absolute atomic E-state index is 12.2. The fourth-order valence-electron chi connectivity index (χ4n) is 3.66. The molecule has 154 valence electrons. The molecule has 0 unspecified atom stereocenters. The first kappa shape index (κ1) is 20.3. The number of fused-ring (bicyclic) bond motifs is 1. The van der Waals surface area contributed by atoms with Gasteiger partial charge in [0, 0.05) is 19.0 Å². The molecule has 1 fully saturated rings. The minimum atomic E-state index is -0.128. The van der Waals surface area contributed by atoms with Crippen molar-refractivity contribution in [3.05, 3.63) is 23.8 Å². The summed E-state index contributed by atoms with van der Waals surface area (Å²) in [5.74, 6) is 1.43. The van der Waals surface area contributed by atoms with Crippen LogP contribution in [0.4, 0.5) is 4.79 Å². The lowest BCUT2D eigenvalue weighted by molar-refractivity contribution is -0.121. The molecule has 0 aromatic heterocycles. The van der Waals surface area contributed by atoms with Gasteiger partial charge >= 0.3 is 6.03 Å². The largest absolute Gasteiger partial charge is 0.486 e. The third kappa shape index (κ3) is 6.04. The van der Waals surface area contributed by atoms with Gasteiger partial charge < -0.3 is 25.4 Å². The average Bonchev–Trinajstić information content (AvgIpc) is 2.71. The van der Waals surface area contributed by atoms with E-state index in [0.717, 1.165) is 29.9 Å². The van der Waals surface area contributed by atoms with Gasteiger partial charge in [-0.2, -0.15) is 0 Å². The van der Waals surface area contributed by atoms with E-state index in [-0.39, 0.29) is 18.0 Å². The average molecular weight is 389 g/mol. The van der Waals surface area contributed by atoms with E-state index in [1.54, 1.807) is 0 Å². The molecule has 0 saturated heterocycles. The summed E-state index contributed by atoms with van der Waals surface area (Å²) < 4.78 is 11.1. The molecule has 3 N–H and O–H groups in total. The summed E-state index contributed by atoms with van der Waals surface area (Å²) in [4.78, 5) is 24.1. The first-order chi connectivity index (χ1) is 13.6. The number of carbonyl (C=O) groups is 2. The molecule has 28 heavy (non-hydrogen) atoms. The lowest BCUT2D eigenvalue weighted by atomic mass is 9.96. The molecule has 1 aromatic carbocycles. The second-order valence-electron chi connectivity index (χ2n) is 7.53. The number of nitrogens with one attached hydrogen (secondary N) is 3. The number of rotatable bonds is 7. The van der Waals surface area contributed by atoms with Crippen LogP contribution in [0.3, 0.4) is 0 Å². The molecule has 1 aliphatic heterocycles. The van der Waals surface area contributed by atoms with Gasteiger partial charge in [0.2, 0.25) is 5.91 Å². The minimum Gasteiger partial charge on any atom is -0.486 e. The number of benzene rings is 1. The van der Waals surface area contributed by atoms with Crippen LogP contribution in [0.15, 0.2) is 18.2 Å². The van der Waals surface area contributed by atoms with Crippen LogP contribution in [0.5, 0.6) is 11.5 Å². The number of hydrogen-bond acceptors (Lipinski definition) is 4. The molecule has 3 rings (SSSR count). The van der Waals surface area contributed by atoms with Crippen LogP contribution in [0.1, 0.15) is 63.5 Å². The Balaban J connectivity index is 1.33. The van der Waals surface area contributed by atoms with Crippen molar-refractivity contribution in [2.24, 2.45) is 0 Å². The SMILES string of the molecule is C[C@@H](NC(=O)CCCNC(=O)NC1CCCCC1)c1ccc2c(c1)OCCO2. The first-order valence-corrected chi connectivity index (χ1v) is 10.3. The van der Waals surface area contributed by atoms with Crippen molar-refractivity contribution in [2.45, 2.75) is 64.0 Å². The molecular weight excluding hydrogens is 358 g/mol. The maximum Gasteiger partial charge on any atom is 0.315 e. The minimum absolute atomic E-state index is 0.0307. The molecule has 1 atom stereocenters. The van der Waals surface area contributed by atoms with Crippen LogP contribution < -0.4 is 25.4 Å². The number of hydrogen-bond donors (Lipinski definition) is 3. The Morgan fingerprint density at radius 3 is 2.64 bits per heavy atom. The lowest BCUT2D eigenvalue weighted by Crippen LogP contribution is -2.43. The highest BCUT2D eigenvalue weighted by Gasteiger charge is 2.17. The lowest BCUT2D eigenvalue weighted by Gasteiger charge is -2.22. The zero-order chi connectivity index (χ0) is 19.8. The highest BCUT2D eigenvalue weighted by atomic mass is 16.6. The maximum atomic E-state index is 12.2. The molecule has 0 bridgehead atoms. The summed E-state index contributed by atoms with van der Waals surface area (Å²) in [5.41, 5.74) is 0.975. The van der Waals surface area contributed by atoms with Crippen molar-refractivity contribution >= 4 is 11.9 Å². The zero-order valence-electron chi connectivity index (χ0n) is 16.6. The number of ether oxygens (including phenoxy) is 2. The highest BCUT2D eigenvalue weighted by molar-refractivity contribution is 5.77. The van der Waals surface area contributed by atoms with Crippen molar-refractivity contribution in [1.29, 1.82) is 0 Å². The second-order valence-corrected chi connectivity index (χ2v) is 7.53. The molecule has 7 heteroatoms. The van der Waals surface area contributed by atoms with Crippen LogP contribution in [0.2, 0.25) is 0 Å². The van der Waals surface area contributed by atoms with E-state index >= 15 is 0 Å². The summed E-state index contributed by atoms with van der Waals surface area (Å²) in [6.07, 6.45) is 6.75. The standard InChI is InChI=1S/C21H31N3O4/c1-15(16-9-10-18-19(14-16)28-13-12-27-18)23-20(25)8-5-11-22-21(26)24-17-6-3-2-4-7-17/h9-10,14-15,17H,2-8,11-13H2,1H3,(H,23,25)(H2,22,24,26)/t15-/m1/s1.